The van der Waals surface area contributed by atoms with Crippen LogP contribution in [0.1, 0.15) is 69.4 Å². The van der Waals surface area contributed by atoms with Gasteiger partial charge in [-0.25, -0.2) is 0 Å². The Labute approximate surface area is 116 Å². The van der Waals surface area contributed by atoms with Crippen molar-refractivity contribution in [3.8, 4) is 0 Å². The van der Waals surface area contributed by atoms with Crippen molar-refractivity contribution in [1.82, 2.24) is 0 Å². The van der Waals surface area contributed by atoms with E-state index in [0.29, 0.717) is 5.71 Å². The second-order valence-corrected chi connectivity index (χ2v) is 5.81. The molecule has 2 nitrogen and oxygen atoms in total. The molecule has 0 spiro atoms. The van der Waals surface area contributed by atoms with E-state index < -0.39 is 0 Å². The van der Waals surface area contributed by atoms with Gasteiger partial charge in [0.15, 0.2) is 0 Å². The third-order valence-corrected chi connectivity index (χ3v) is 4.49. The molecule has 0 radical (unpaired) electrons. The molecule has 0 aromatic heterocycles. The molecule has 0 saturated heterocycles. The molecule has 19 heavy (non-hydrogen) atoms. The van der Waals surface area contributed by atoms with Gasteiger partial charge in [-0.2, -0.15) is 0 Å². The molecule has 0 aliphatic heterocycles. The highest BCUT2D eigenvalue weighted by Gasteiger charge is 2.21. The average Bonchev–Trinajstić information content (AvgIpc) is 2.48. The Morgan fingerprint density at radius 3 is 2.32 bits per heavy atom. The molecule has 1 aromatic rings. The van der Waals surface area contributed by atoms with Gasteiger partial charge in [-0.3, -0.25) is 0 Å². The smallest absolute Gasteiger partial charge is 0.0836 e. The molecule has 1 N–H and O–H groups in total. The van der Waals surface area contributed by atoms with E-state index in [1.165, 1.54) is 44.1 Å². The summed E-state index contributed by atoms with van der Waals surface area (Å²) in [6, 6.07) is 8.55. The minimum Gasteiger partial charge on any atom is -0.411 e. The normalized spacial score (nSPS) is 24.4. The van der Waals surface area contributed by atoms with Gasteiger partial charge in [0.2, 0.25) is 0 Å². The van der Waals surface area contributed by atoms with Crippen LogP contribution in [0.3, 0.4) is 0 Å². The molecular formula is C17H25NO. The summed E-state index contributed by atoms with van der Waals surface area (Å²) in [5.41, 5.74) is 3.13. The molecule has 1 aliphatic carbocycles. The lowest BCUT2D eigenvalue weighted by atomic mass is 9.77. The molecule has 0 amide bonds. The van der Waals surface area contributed by atoms with Gasteiger partial charge in [0.05, 0.1) is 5.71 Å². The SMILES string of the molecule is CCCC1CCC(c2ccc(C(C)=NO)cc2)CC1. The van der Waals surface area contributed by atoms with Crippen molar-refractivity contribution in [2.75, 3.05) is 0 Å². The summed E-state index contributed by atoms with van der Waals surface area (Å²) in [6.45, 7) is 4.11. The first kappa shape index (κ1) is 14.1. The highest BCUT2D eigenvalue weighted by molar-refractivity contribution is 5.98. The maximum Gasteiger partial charge on any atom is 0.0836 e. The molecule has 1 fully saturated rings. The minimum atomic E-state index is 0.679. The number of rotatable bonds is 4. The lowest BCUT2D eigenvalue weighted by molar-refractivity contribution is 0.308. The second-order valence-electron chi connectivity index (χ2n) is 5.81. The minimum absolute atomic E-state index is 0.679. The molecule has 1 aromatic carbocycles. The van der Waals surface area contributed by atoms with Crippen LogP contribution < -0.4 is 0 Å². The zero-order chi connectivity index (χ0) is 13.7. The fraction of sp³-hybridized carbons (Fsp3) is 0.588. The molecule has 0 heterocycles. The Kier molecular flexibility index (Phi) is 5.00. The van der Waals surface area contributed by atoms with Crippen LogP contribution >= 0.6 is 0 Å². The van der Waals surface area contributed by atoms with Crippen LogP contribution in [-0.4, -0.2) is 10.9 Å². The Morgan fingerprint density at radius 1 is 1.16 bits per heavy atom. The third-order valence-electron chi connectivity index (χ3n) is 4.49. The predicted octanol–water partition coefficient (Wildman–Crippen LogP) is 4.96. The van der Waals surface area contributed by atoms with Gasteiger partial charge in [-0.1, -0.05) is 49.2 Å². The van der Waals surface area contributed by atoms with Crippen LogP contribution in [0.5, 0.6) is 0 Å². The van der Waals surface area contributed by atoms with Crippen molar-refractivity contribution in [2.24, 2.45) is 11.1 Å². The molecular weight excluding hydrogens is 234 g/mol. The van der Waals surface area contributed by atoms with Crippen LogP contribution in [0.25, 0.3) is 0 Å². The molecule has 2 rings (SSSR count). The Balaban J connectivity index is 1.96. The topological polar surface area (TPSA) is 32.6 Å². The van der Waals surface area contributed by atoms with Gasteiger partial charge in [-0.05, 0) is 55.6 Å². The van der Waals surface area contributed by atoms with E-state index in [1.807, 2.05) is 6.92 Å². The number of oxime groups is 1. The summed E-state index contributed by atoms with van der Waals surface area (Å²) in [5, 5.41) is 12.0. The second kappa shape index (κ2) is 6.74. The van der Waals surface area contributed by atoms with Crippen molar-refractivity contribution in [2.45, 2.75) is 58.3 Å². The summed E-state index contributed by atoms with van der Waals surface area (Å²) in [7, 11) is 0. The van der Waals surface area contributed by atoms with Gasteiger partial charge in [0, 0.05) is 0 Å². The predicted molar refractivity (Wildman–Crippen MR) is 80.0 cm³/mol. The molecule has 0 unspecified atom stereocenters. The van der Waals surface area contributed by atoms with Gasteiger partial charge in [-0.15, -0.1) is 0 Å². The Bertz CT molecular complexity index is 413. The standard InChI is InChI=1S/C17H25NO/c1-3-4-14-5-7-16(8-6-14)17-11-9-15(10-12-17)13(2)18-19/h9-12,14,16,19H,3-8H2,1-2H3. The van der Waals surface area contributed by atoms with E-state index >= 15 is 0 Å². The zero-order valence-electron chi connectivity index (χ0n) is 12.1. The monoisotopic (exact) mass is 259 g/mol. The molecule has 0 bridgehead atoms. The van der Waals surface area contributed by atoms with Gasteiger partial charge in [0.25, 0.3) is 0 Å². The lowest BCUT2D eigenvalue weighted by Crippen LogP contribution is -2.13. The lowest BCUT2D eigenvalue weighted by Gasteiger charge is -2.28. The quantitative estimate of drug-likeness (QED) is 0.462. The summed E-state index contributed by atoms with van der Waals surface area (Å²) in [5.74, 6) is 1.69. The van der Waals surface area contributed by atoms with E-state index in [2.05, 4.69) is 36.3 Å². The zero-order valence-corrected chi connectivity index (χ0v) is 12.1. The van der Waals surface area contributed by atoms with E-state index in [1.54, 1.807) is 0 Å². The molecule has 0 atom stereocenters. The van der Waals surface area contributed by atoms with E-state index in [0.717, 1.165) is 17.4 Å². The number of hydrogen-bond acceptors (Lipinski definition) is 2. The fourth-order valence-electron chi connectivity index (χ4n) is 3.25. The Morgan fingerprint density at radius 2 is 1.79 bits per heavy atom. The van der Waals surface area contributed by atoms with Gasteiger partial charge < -0.3 is 5.21 Å². The summed E-state index contributed by atoms with van der Waals surface area (Å²) < 4.78 is 0. The highest BCUT2D eigenvalue weighted by Crippen LogP contribution is 2.37. The maximum absolute atomic E-state index is 8.77. The molecule has 1 aliphatic rings. The van der Waals surface area contributed by atoms with Crippen molar-refractivity contribution in [3.05, 3.63) is 35.4 Å². The average molecular weight is 259 g/mol. The van der Waals surface area contributed by atoms with Crippen LogP contribution in [0, 0.1) is 5.92 Å². The first-order valence-corrected chi connectivity index (χ1v) is 7.53. The van der Waals surface area contributed by atoms with E-state index in [4.69, 9.17) is 5.21 Å². The molecule has 1 saturated carbocycles. The van der Waals surface area contributed by atoms with Crippen LogP contribution in [0.4, 0.5) is 0 Å². The first-order valence-electron chi connectivity index (χ1n) is 7.53. The van der Waals surface area contributed by atoms with Crippen LogP contribution in [0.15, 0.2) is 29.4 Å². The summed E-state index contributed by atoms with van der Waals surface area (Å²) in [6.07, 6.45) is 8.16. The fourth-order valence-corrected chi connectivity index (χ4v) is 3.25. The van der Waals surface area contributed by atoms with E-state index in [-0.39, 0.29) is 0 Å². The number of benzene rings is 1. The van der Waals surface area contributed by atoms with Crippen LogP contribution in [-0.2, 0) is 0 Å². The molecule has 104 valence electrons. The third kappa shape index (κ3) is 3.59. The van der Waals surface area contributed by atoms with Crippen molar-refractivity contribution >= 4 is 5.71 Å². The number of hydrogen-bond donors (Lipinski definition) is 1. The van der Waals surface area contributed by atoms with Gasteiger partial charge >= 0.3 is 0 Å². The Hall–Kier alpha value is -1.31. The summed E-state index contributed by atoms with van der Waals surface area (Å²) in [4.78, 5) is 0. The highest BCUT2D eigenvalue weighted by atomic mass is 16.4. The molecule has 2 heteroatoms. The van der Waals surface area contributed by atoms with Crippen molar-refractivity contribution < 1.29 is 5.21 Å². The largest absolute Gasteiger partial charge is 0.411 e. The first-order chi connectivity index (χ1) is 9.24. The maximum atomic E-state index is 8.77. The number of nitrogens with zero attached hydrogens (tertiary/aromatic N) is 1. The van der Waals surface area contributed by atoms with Gasteiger partial charge in [0.1, 0.15) is 0 Å². The van der Waals surface area contributed by atoms with Crippen LogP contribution in [0.2, 0.25) is 0 Å². The van der Waals surface area contributed by atoms with Crippen molar-refractivity contribution in [3.63, 3.8) is 0 Å². The van der Waals surface area contributed by atoms with E-state index in [9.17, 15) is 0 Å². The van der Waals surface area contributed by atoms with Crippen molar-refractivity contribution in [1.29, 1.82) is 0 Å². The summed E-state index contributed by atoms with van der Waals surface area (Å²) >= 11 is 0.